The summed E-state index contributed by atoms with van der Waals surface area (Å²) in [4.78, 5) is 32.9. The summed E-state index contributed by atoms with van der Waals surface area (Å²) in [5.41, 5.74) is 12.9. The van der Waals surface area contributed by atoms with Gasteiger partial charge in [0, 0.05) is 0 Å². The van der Waals surface area contributed by atoms with Crippen molar-refractivity contribution >= 4 is 49.0 Å². The molecule has 0 amide bonds. The second kappa shape index (κ2) is 9.57. The van der Waals surface area contributed by atoms with E-state index in [2.05, 4.69) is 102 Å². The number of rotatable bonds is 2. The number of aromatic nitrogens is 2. The molecule has 45 heavy (non-hydrogen) atoms. The van der Waals surface area contributed by atoms with Gasteiger partial charge in [0.25, 0.3) is 5.56 Å². The lowest BCUT2D eigenvalue weighted by molar-refractivity contribution is 1.15. The standard InChI is InChI=1S/C41H32N2O2/c1-21-15-23(3)35(24(4)16-21)27-7-9-29-19-33-37(31(29)13-11-27)41(45)43-34-20-30-10-8-28(36-25(5)17-22(2)18-26(36)6)12-14-32(30)38(34)39(44)40(43)42-33/h7-20H,1-6H3. The molecule has 6 aromatic carbocycles. The molecule has 218 valence electrons. The fourth-order valence-electron chi connectivity index (χ4n) is 7.80. The highest BCUT2D eigenvalue weighted by Gasteiger charge is 2.21. The normalized spacial score (nSPS) is 12.0. The van der Waals surface area contributed by atoms with Crippen molar-refractivity contribution in [2.24, 2.45) is 0 Å². The molecule has 0 aliphatic heterocycles. The lowest BCUT2D eigenvalue weighted by atomic mass is 9.95. The van der Waals surface area contributed by atoms with Crippen molar-refractivity contribution in [2.45, 2.75) is 41.5 Å². The van der Waals surface area contributed by atoms with Crippen LogP contribution in [0.2, 0.25) is 0 Å². The van der Waals surface area contributed by atoms with Gasteiger partial charge in [-0.3, -0.25) is 14.0 Å². The minimum absolute atomic E-state index is 0.183. The number of nitrogens with zero attached hydrogens (tertiary/aromatic N) is 2. The summed E-state index contributed by atoms with van der Waals surface area (Å²) < 4.78 is 1.52. The first-order chi connectivity index (χ1) is 21.6. The molecule has 0 bridgehead atoms. The van der Waals surface area contributed by atoms with E-state index in [-0.39, 0.29) is 16.6 Å². The van der Waals surface area contributed by atoms with Crippen LogP contribution in [0.25, 0.3) is 71.3 Å². The van der Waals surface area contributed by atoms with E-state index in [4.69, 9.17) is 4.98 Å². The minimum atomic E-state index is -0.210. The maximum atomic E-state index is 14.3. The van der Waals surface area contributed by atoms with Gasteiger partial charge in [0.2, 0.25) is 5.43 Å². The molecular formula is C41H32N2O2. The molecule has 2 aromatic heterocycles. The predicted molar refractivity (Wildman–Crippen MR) is 188 cm³/mol. The first kappa shape index (κ1) is 27.2. The molecule has 2 heterocycles. The highest BCUT2D eigenvalue weighted by molar-refractivity contribution is 6.15. The van der Waals surface area contributed by atoms with Crippen LogP contribution in [0.15, 0.2) is 94.5 Å². The molecule has 0 N–H and O–H groups in total. The van der Waals surface area contributed by atoms with E-state index in [0.29, 0.717) is 21.8 Å². The molecule has 0 radical (unpaired) electrons. The van der Waals surface area contributed by atoms with Gasteiger partial charge in [-0.05, 0) is 120 Å². The Morgan fingerprint density at radius 1 is 0.533 bits per heavy atom. The minimum Gasteiger partial charge on any atom is -0.285 e. The van der Waals surface area contributed by atoms with Crippen LogP contribution in [-0.2, 0) is 0 Å². The third-order valence-electron chi connectivity index (χ3n) is 9.46. The van der Waals surface area contributed by atoms with E-state index >= 15 is 0 Å². The number of hydrogen-bond donors (Lipinski definition) is 0. The fraction of sp³-hybridized carbons (Fsp3) is 0.146. The zero-order valence-corrected chi connectivity index (χ0v) is 26.3. The Hall–Kier alpha value is -5.35. The Kier molecular flexibility index (Phi) is 5.79. The average molecular weight is 585 g/mol. The Labute approximate surface area is 260 Å². The molecule has 0 saturated carbocycles. The molecule has 0 spiro atoms. The van der Waals surface area contributed by atoms with Crippen LogP contribution in [0.5, 0.6) is 0 Å². The van der Waals surface area contributed by atoms with Crippen molar-refractivity contribution in [3.63, 3.8) is 0 Å². The third-order valence-corrected chi connectivity index (χ3v) is 9.46. The van der Waals surface area contributed by atoms with Gasteiger partial charge in [0.1, 0.15) is 0 Å². The van der Waals surface area contributed by atoms with Crippen LogP contribution in [-0.4, -0.2) is 9.38 Å². The highest BCUT2D eigenvalue weighted by Crippen LogP contribution is 2.34. The van der Waals surface area contributed by atoms with Crippen molar-refractivity contribution < 1.29 is 0 Å². The third kappa shape index (κ3) is 3.95. The van der Waals surface area contributed by atoms with E-state index in [1.165, 1.54) is 48.9 Å². The van der Waals surface area contributed by atoms with E-state index in [9.17, 15) is 9.59 Å². The van der Waals surface area contributed by atoms with Gasteiger partial charge in [-0.2, -0.15) is 0 Å². The van der Waals surface area contributed by atoms with Crippen LogP contribution in [0.3, 0.4) is 0 Å². The molecule has 8 aromatic rings. The first-order valence-electron chi connectivity index (χ1n) is 15.4. The Morgan fingerprint density at radius 3 is 1.53 bits per heavy atom. The van der Waals surface area contributed by atoms with Crippen molar-refractivity contribution in [2.75, 3.05) is 0 Å². The van der Waals surface area contributed by atoms with Gasteiger partial charge in [-0.25, -0.2) is 4.98 Å². The van der Waals surface area contributed by atoms with Gasteiger partial charge in [0.05, 0.1) is 21.8 Å². The number of fused-ring (bicyclic) bond motifs is 8. The van der Waals surface area contributed by atoms with Crippen LogP contribution >= 0.6 is 0 Å². The second-order valence-electron chi connectivity index (χ2n) is 12.7. The summed E-state index contributed by atoms with van der Waals surface area (Å²) in [6, 6.07) is 29.2. The van der Waals surface area contributed by atoms with Crippen molar-refractivity contribution in [1.29, 1.82) is 0 Å². The van der Waals surface area contributed by atoms with Crippen molar-refractivity contribution in [3.05, 3.63) is 139 Å². The van der Waals surface area contributed by atoms with Crippen LogP contribution in [0, 0.1) is 41.5 Å². The van der Waals surface area contributed by atoms with E-state index in [0.717, 1.165) is 32.7 Å². The second-order valence-corrected chi connectivity index (χ2v) is 12.7. The molecule has 4 heteroatoms. The molecule has 0 atom stereocenters. The maximum Gasteiger partial charge on any atom is 0.266 e. The molecule has 8 rings (SSSR count). The van der Waals surface area contributed by atoms with Crippen LogP contribution in [0.1, 0.15) is 33.4 Å². The predicted octanol–water partition coefficient (Wildman–Crippen LogP) is 9.29. The molecule has 0 saturated heterocycles. The summed E-state index contributed by atoms with van der Waals surface area (Å²) in [7, 11) is 0. The van der Waals surface area contributed by atoms with Crippen molar-refractivity contribution in [3.8, 4) is 22.3 Å². The topological polar surface area (TPSA) is 51.4 Å². The van der Waals surface area contributed by atoms with Gasteiger partial charge in [-0.1, -0.05) is 83.9 Å². The molecule has 4 nitrogen and oxygen atoms in total. The molecule has 0 unspecified atom stereocenters. The largest absolute Gasteiger partial charge is 0.285 e. The van der Waals surface area contributed by atoms with E-state index < -0.39 is 0 Å². The fourth-order valence-corrected chi connectivity index (χ4v) is 7.80. The smallest absolute Gasteiger partial charge is 0.266 e. The van der Waals surface area contributed by atoms with Crippen LogP contribution < -0.4 is 11.0 Å². The van der Waals surface area contributed by atoms with E-state index in [1.807, 2.05) is 24.3 Å². The molecule has 0 aliphatic rings. The molecular weight excluding hydrogens is 552 g/mol. The maximum absolute atomic E-state index is 14.3. The summed E-state index contributed by atoms with van der Waals surface area (Å²) in [5, 5.41) is 4.60. The Bertz CT molecular complexity index is 2650. The van der Waals surface area contributed by atoms with E-state index in [1.54, 1.807) is 0 Å². The SMILES string of the molecule is Cc1cc(C)c(-c2ccc3cc4nc5c(=O)c6c7ccc(-c8c(C)cc(C)cc8C)ccc7cc6n5c(=O)c4c3cc2)c(C)c1. The van der Waals surface area contributed by atoms with Gasteiger partial charge < -0.3 is 0 Å². The van der Waals surface area contributed by atoms with Gasteiger partial charge in [0.15, 0.2) is 5.65 Å². The zero-order chi connectivity index (χ0) is 31.3. The quantitative estimate of drug-likeness (QED) is 0.203. The summed E-state index contributed by atoms with van der Waals surface area (Å²) in [5.74, 6) is 0. The Morgan fingerprint density at radius 2 is 1.00 bits per heavy atom. The monoisotopic (exact) mass is 584 g/mol. The average Bonchev–Trinajstić information content (AvgIpc) is 3.47. The lowest BCUT2D eigenvalue weighted by Crippen LogP contribution is -2.15. The molecule has 0 aliphatic carbocycles. The summed E-state index contributed by atoms with van der Waals surface area (Å²) in [6.07, 6.45) is 0. The number of hydrogen-bond acceptors (Lipinski definition) is 3. The van der Waals surface area contributed by atoms with Gasteiger partial charge >= 0.3 is 0 Å². The first-order valence-corrected chi connectivity index (χ1v) is 15.4. The Balaban J connectivity index is 1.35. The van der Waals surface area contributed by atoms with Gasteiger partial charge in [-0.15, -0.1) is 0 Å². The highest BCUT2D eigenvalue weighted by atomic mass is 16.1. The molecule has 0 fully saturated rings. The number of benzene rings is 2. The van der Waals surface area contributed by atoms with Crippen molar-refractivity contribution in [1.82, 2.24) is 9.38 Å². The van der Waals surface area contributed by atoms with Crippen LogP contribution in [0.4, 0.5) is 0 Å². The number of aryl methyl sites for hydroxylation is 6. The summed E-state index contributed by atoms with van der Waals surface area (Å²) >= 11 is 0. The summed E-state index contributed by atoms with van der Waals surface area (Å²) in [6.45, 7) is 12.8. The lowest BCUT2D eigenvalue weighted by Gasteiger charge is -2.10. The zero-order valence-electron chi connectivity index (χ0n) is 26.3.